The Morgan fingerprint density at radius 1 is 1.15 bits per heavy atom. The highest BCUT2D eigenvalue weighted by Gasteiger charge is 2.11. The number of carbonyl (C=O) groups is 1. The van der Waals surface area contributed by atoms with Crippen molar-refractivity contribution in [2.45, 2.75) is 26.1 Å². The van der Waals surface area contributed by atoms with E-state index in [0.29, 0.717) is 0 Å². The summed E-state index contributed by atoms with van der Waals surface area (Å²) in [5.74, 6) is 2.38. The number of carboxylic acids is 1. The molecule has 0 saturated carbocycles. The Labute approximate surface area is 120 Å². The summed E-state index contributed by atoms with van der Waals surface area (Å²) in [6, 6.07) is 11.8. The number of aliphatic carboxylic acids is 1. The molecule has 20 heavy (non-hydrogen) atoms. The summed E-state index contributed by atoms with van der Waals surface area (Å²) in [5.41, 5.74) is 4.97. The fourth-order valence-electron chi connectivity index (χ4n) is 2.05. The maximum Gasteiger partial charge on any atom is 0.307 e. The van der Waals surface area contributed by atoms with E-state index in [0.717, 1.165) is 21.9 Å². The highest BCUT2D eigenvalue weighted by molar-refractivity contribution is 6.83. The largest absolute Gasteiger partial charge is 0.481 e. The summed E-state index contributed by atoms with van der Waals surface area (Å²) < 4.78 is 0. The summed E-state index contributed by atoms with van der Waals surface area (Å²) in [6.07, 6.45) is 0.0110. The van der Waals surface area contributed by atoms with Crippen LogP contribution in [0.25, 0.3) is 10.8 Å². The van der Waals surface area contributed by atoms with Crippen molar-refractivity contribution in [3.63, 3.8) is 0 Å². The highest BCUT2D eigenvalue weighted by Crippen LogP contribution is 2.23. The molecule has 2 nitrogen and oxygen atoms in total. The second-order valence-corrected chi connectivity index (χ2v) is 10.6. The third-order valence-electron chi connectivity index (χ3n) is 2.94. The fourth-order valence-corrected chi connectivity index (χ4v) is 2.56. The maximum atomic E-state index is 11.1. The van der Waals surface area contributed by atoms with Crippen molar-refractivity contribution in [2.24, 2.45) is 0 Å². The van der Waals surface area contributed by atoms with E-state index in [2.05, 4.69) is 31.1 Å². The van der Waals surface area contributed by atoms with Crippen LogP contribution in [0.1, 0.15) is 11.1 Å². The molecule has 0 aliphatic heterocycles. The number of hydrogen-bond donors (Lipinski definition) is 1. The second-order valence-electron chi connectivity index (χ2n) is 5.88. The summed E-state index contributed by atoms with van der Waals surface area (Å²) >= 11 is 0. The Bertz CT molecular complexity index is 715. The van der Waals surface area contributed by atoms with Gasteiger partial charge >= 0.3 is 5.97 Å². The standard InChI is InChI=1S/C17H18O2Si/c1-20(2,3)11-10-14-9-8-13-6-4-5-7-15(13)16(14)12-17(18)19/h4-9H,12H2,1-3H3,(H,18,19). The van der Waals surface area contributed by atoms with Gasteiger partial charge < -0.3 is 5.11 Å². The Kier molecular flexibility index (Phi) is 3.96. The summed E-state index contributed by atoms with van der Waals surface area (Å²) in [6.45, 7) is 6.54. The van der Waals surface area contributed by atoms with Crippen LogP contribution in [0.15, 0.2) is 36.4 Å². The summed E-state index contributed by atoms with van der Waals surface area (Å²) in [4.78, 5) is 11.1. The van der Waals surface area contributed by atoms with E-state index in [4.69, 9.17) is 5.11 Å². The first-order chi connectivity index (χ1) is 9.37. The van der Waals surface area contributed by atoms with Gasteiger partial charge in [-0.25, -0.2) is 0 Å². The zero-order chi connectivity index (χ0) is 14.8. The molecule has 0 amide bonds. The number of carboxylic acid groups (broad SMARTS) is 1. The van der Waals surface area contributed by atoms with E-state index in [1.165, 1.54) is 0 Å². The summed E-state index contributed by atoms with van der Waals surface area (Å²) in [5, 5.41) is 11.2. The topological polar surface area (TPSA) is 37.3 Å². The Balaban J connectivity index is 2.64. The van der Waals surface area contributed by atoms with Gasteiger partial charge in [-0.2, -0.15) is 0 Å². The van der Waals surface area contributed by atoms with Gasteiger partial charge in [0, 0.05) is 5.56 Å². The highest BCUT2D eigenvalue weighted by atomic mass is 28.3. The van der Waals surface area contributed by atoms with Crippen molar-refractivity contribution in [1.82, 2.24) is 0 Å². The van der Waals surface area contributed by atoms with Crippen molar-refractivity contribution in [1.29, 1.82) is 0 Å². The SMILES string of the molecule is C[Si](C)(C)C#Cc1ccc2ccccc2c1CC(=O)O. The lowest BCUT2D eigenvalue weighted by atomic mass is 9.97. The van der Waals surface area contributed by atoms with Crippen LogP contribution in [0, 0.1) is 11.5 Å². The van der Waals surface area contributed by atoms with E-state index in [1.807, 2.05) is 36.4 Å². The van der Waals surface area contributed by atoms with E-state index >= 15 is 0 Å². The zero-order valence-corrected chi connectivity index (χ0v) is 13.0. The molecule has 0 atom stereocenters. The molecule has 0 aliphatic carbocycles. The second kappa shape index (κ2) is 5.52. The van der Waals surface area contributed by atoms with E-state index in [-0.39, 0.29) is 6.42 Å². The first-order valence-corrected chi connectivity index (χ1v) is 10.1. The molecule has 0 heterocycles. The van der Waals surface area contributed by atoms with Gasteiger partial charge in [0.25, 0.3) is 0 Å². The lowest BCUT2D eigenvalue weighted by Crippen LogP contribution is -2.16. The van der Waals surface area contributed by atoms with E-state index in [1.54, 1.807) is 0 Å². The summed E-state index contributed by atoms with van der Waals surface area (Å²) in [7, 11) is -1.48. The van der Waals surface area contributed by atoms with Crippen LogP contribution < -0.4 is 0 Å². The van der Waals surface area contributed by atoms with Crippen LogP contribution in [0.2, 0.25) is 19.6 Å². The molecular weight excluding hydrogens is 264 g/mol. The molecule has 0 bridgehead atoms. The van der Waals surface area contributed by atoms with Crippen molar-refractivity contribution in [3.8, 4) is 11.5 Å². The monoisotopic (exact) mass is 282 g/mol. The number of benzene rings is 2. The quantitative estimate of drug-likeness (QED) is 0.673. The fraction of sp³-hybridized carbons (Fsp3) is 0.235. The molecule has 102 valence electrons. The van der Waals surface area contributed by atoms with Gasteiger partial charge in [-0.3, -0.25) is 4.79 Å². The van der Waals surface area contributed by atoms with Gasteiger partial charge in [-0.15, -0.1) is 5.54 Å². The molecule has 0 spiro atoms. The number of rotatable bonds is 2. The third-order valence-corrected chi connectivity index (χ3v) is 3.82. The number of hydrogen-bond acceptors (Lipinski definition) is 1. The lowest BCUT2D eigenvalue weighted by molar-refractivity contribution is -0.136. The van der Waals surface area contributed by atoms with E-state index in [9.17, 15) is 4.79 Å². The molecule has 0 unspecified atom stereocenters. The van der Waals surface area contributed by atoms with Crippen LogP contribution in [0.5, 0.6) is 0 Å². The molecule has 0 saturated heterocycles. The normalized spacial score (nSPS) is 10.9. The lowest BCUT2D eigenvalue weighted by Gasteiger charge is -2.09. The predicted octanol–water partition coefficient (Wildman–Crippen LogP) is 3.70. The van der Waals surface area contributed by atoms with Crippen LogP contribution in [0.4, 0.5) is 0 Å². The maximum absolute atomic E-state index is 11.1. The third kappa shape index (κ3) is 3.49. The first kappa shape index (κ1) is 14.4. The van der Waals surface area contributed by atoms with Crippen molar-refractivity contribution in [2.75, 3.05) is 0 Å². The van der Waals surface area contributed by atoms with Gasteiger partial charge in [-0.05, 0) is 22.4 Å². The minimum atomic E-state index is -1.48. The smallest absolute Gasteiger partial charge is 0.307 e. The minimum absolute atomic E-state index is 0.0110. The molecule has 0 fully saturated rings. The van der Waals surface area contributed by atoms with E-state index < -0.39 is 14.0 Å². The van der Waals surface area contributed by atoms with Gasteiger partial charge in [-0.1, -0.05) is 55.9 Å². The predicted molar refractivity (Wildman–Crippen MR) is 85.5 cm³/mol. The van der Waals surface area contributed by atoms with Crippen LogP contribution in [0.3, 0.4) is 0 Å². The van der Waals surface area contributed by atoms with Gasteiger partial charge in [0.2, 0.25) is 0 Å². The molecule has 2 aromatic rings. The average Bonchev–Trinajstić information content (AvgIpc) is 2.36. The molecule has 0 aromatic heterocycles. The first-order valence-electron chi connectivity index (χ1n) is 6.62. The Hall–Kier alpha value is -2.05. The van der Waals surface area contributed by atoms with Crippen LogP contribution >= 0.6 is 0 Å². The van der Waals surface area contributed by atoms with Crippen LogP contribution in [-0.4, -0.2) is 19.1 Å². The van der Waals surface area contributed by atoms with Crippen LogP contribution in [-0.2, 0) is 11.2 Å². The van der Waals surface area contributed by atoms with Crippen molar-refractivity contribution < 1.29 is 9.90 Å². The average molecular weight is 282 g/mol. The van der Waals surface area contributed by atoms with Gasteiger partial charge in [0.05, 0.1) is 6.42 Å². The molecule has 1 N–H and O–H groups in total. The molecular formula is C17H18O2Si. The minimum Gasteiger partial charge on any atom is -0.481 e. The molecule has 0 aliphatic rings. The molecule has 2 aromatic carbocycles. The number of fused-ring (bicyclic) bond motifs is 1. The molecule has 0 radical (unpaired) electrons. The van der Waals surface area contributed by atoms with Gasteiger partial charge in [0.15, 0.2) is 0 Å². The Morgan fingerprint density at radius 2 is 1.85 bits per heavy atom. The zero-order valence-electron chi connectivity index (χ0n) is 12.0. The molecule has 3 heteroatoms. The van der Waals surface area contributed by atoms with Crippen molar-refractivity contribution in [3.05, 3.63) is 47.5 Å². The Morgan fingerprint density at radius 3 is 2.50 bits per heavy atom. The van der Waals surface area contributed by atoms with Gasteiger partial charge in [0.1, 0.15) is 8.07 Å². The van der Waals surface area contributed by atoms with Crippen molar-refractivity contribution >= 4 is 24.8 Å². The molecule has 2 rings (SSSR count).